The SMILES string of the molecule is O=C1N(c2cccc([N+](=O)[O-])c2)C2=C(C=CCN2)C[N+]1([O-])Cc1ccncc1. The van der Waals surface area contributed by atoms with Crippen molar-refractivity contribution in [3.63, 3.8) is 0 Å². The van der Waals surface area contributed by atoms with Gasteiger partial charge >= 0.3 is 6.03 Å². The van der Waals surface area contributed by atoms with Crippen LogP contribution in [0.1, 0.15) is 5.56 Å². The monoisotopic (exact) mass is 379 g/mol. The summed E-state index contributed by atoms with van der Waals surface area (Å²) in [6.07, 6.45) is 6.83. The number of nitro groups is 1. The Bertz CT molecular complexity index is 1000. The van der Waals surface area contributed by atoms with Crippen LogP contribution >= 0.6 is 0 Å². The van der Waals surface area contributed by atoms with Crippen LogP contribution in [0, 0.1) is 15.3 Å². The number of nitro benzene ring substituents is 1. The smallest absolute Gasteiger partial charge is 0.429 e. The van der Waals surface area contributed by atoms with Crippen molar-refractivity contribution >= 4 is 17.4 Å². The molecule has 28 heavy (non-hydrogen) atoms. The molecule has 2 amide bonds. The van der Waals surface area contributed by atoms with Crippen LogP contribution in [-0.2, 0) is 6.54 Å². The minimum atomic E-state index is -1.13. The number of amides is 2. The number of pyridine rings is 1. The van der Waals surface area contributed by atoms with E-state index in [4.69, 9.17) is 0 Å². The second-order valence-corrected chi connectivity index (χ2v) is 6.61. The summed E-state index contributed by atoms with van der Waals surface area (Å²) in [4.78, 5) is 29.1. The van der Waals surface area contributed by atoms with Crippen molar-refractivity contribution in [1.82, 2.24) is 10.3 Å². The highest BCUT2D eigenvalue weighted by atomic mass is 16.6. The summed E-state index contributed by atoms with van der Waals surface area (Å²) in [6, 6.07) is 8.42. The molecule has 9 nitrogen and oxygen atoms in total. The molecule has 0 fully saturated rings. The number of nitrogens with zero attached hydrogens (tertiary/aromatic N) is 4. The third-order valence-corrected chi connectivity index (χ3v) is 4.69. The van der Waals surface area contributed by atoms with Crippen molar-refractivity contribution < 1.29 is 14.4 Å². The third-order valence-electron chi connectivity index (χ3n) is 4.69. The van der Waals surface area contributed by atoms with E-state index >= 15 is 0 Å². The second-order valence-electron chi connectivity index (χ2n) is 6.61. The van der Waals surface area contributed by atoms with Gasteiger partial charge in [0.05, 0.1) is 10.6 Å². The zero-order chi connectivity index (χ0) is 19.7. The Morgan fingerprint density at radius 3 is 2.79 bits per heavy atom. The van der Waals surface area contributed by atoms with Gasteiger partial charge in [0.25, 0.3) is 5.69 Å². The number of hydrogen-bond donors (Lipinski definition) is 1. The van der Waals surface area contributed by atoms with Crippen LogP contribution in [-0.4, -0.2) is 33.7 Å². The summed E-state index contributed by atoms with van der Waals surface area (Å²) in [5, 5.41) is 27.9. The Morgan fingerprint density at radius 1 is 1.25 bits per heavy atom. The van der Waals surface area contributed by atoms with Crippen LogP contribution in [0.2, 0.25) is 0 Å². The van der Waals surface area contributed by atoms with Crippen molar-refractivity contribution in [2.45, 2.75) is 6.54 Å². The van der Waals surface area contributed by atoms with Crippen molar-refractivity contribution in [2.24, 2.45) is 0 Å². The number of hydrogen-bond acceptors (Lipinski definition) is 6. The summed E-state index contributed by atoms with van der Waals surface area (Å²) < 4.78 is -1.13. The number of rotatable bonds is 4. The number of hydroxylamine groups is 3. The fourth-order valence-corrected chi connectivity index (χ4v) is 3.41. The van der Waals surface area contributed by atoms with Gasteiger partial charge in [-0.2, -0.15) is 0 Å². The Kier molecular flexibility index (Phi) is 4.38. The van der Waals surface area contributed by atoms with Crippen LogP contribution in [0.5, 0.6) is 0 Å². The molecule has 2 aliphatic rings. The van der Waals surface area contributed by atoms with Gasteiger partial charge in [-0.25, -0.2) is 9.69 Å². The summed E-state index contributed by atoms with van der Waals surface area (Å²) in [7, 11) is 0. The predicted octanol–water partition coefficient (Wildman–Crippen LogP) is 2.82. The first-order valence-corrected chi connectivity index (χ1v) is 8.68. The highest BCUT2D eigenvalue weighted by Crippen LogP contribution is 2.34. The molecule has 0 saturated heterocycles. The first-order chi connectivity index (χ1) is 13.5. The molecule has 1 unspecified atom stereocenters. The summed E-state index contributed by atoms with van der Waals surface area (Å²) in [5.41, 5.74) is 1.50. The normalized spacial score (nSPS) is 21.3. The first-order valence-electron chi connectivity index (χ1n) is 8.68. The quantitative estimate of drug-likeness (QED) is 0.378. The van der Waals surface area contributed by atoms with Gasteiger partial charge in [0.1, 0.15) is 18.9 Å². The fraction of sp³-hybridized carbons (Fsp3) is 0.158. The largest absolute Gasteiger partial charge is 0.623 e. The number of dihydropyridines is 1. The highest BCUT2D eigenvalue weighted by molar-refractivity contribution is 5.93. The number of carbonyl (C=O) groups excluding carboxylic acids is 1. The molecule has 0 aliphatic carbocycles. The average Bonchev–Trinajstić information content (AvgIpc) is 2.70. The summed E-state index contributed by atoms with van der Waals surface area (Å²) in [6.45, 7) is 0.420. The number of quaternary nitrogens is 1. The lowest BCUT2D eigenvalue weighted by atomic mass is 10.1. The Hall–Kier alpha value is -3.56. The van der Waals surface area contributed by atoms with Crippen LogP contribution in [0.15, 0.2) is 72.3 Å². The van der Waals surface area contributed by atoms with E-state index in [0.717, 1.165) is 0 Å². The van der Waals surface area contributed by atoms with Gasteiger partial charge in [0.2, 0.25) is 0 Å². The molecule has 0 saturated carbocycles. The highest BCUT2D eigenvalue weighted by Gasteiger charge is 2.43. The molecule has 2 aromatic rings. The lowest BCUT2D eigenvalue weighted by molar-refractivity contribution is -0.808. The average molecular weight is 379 g/mol. The van der Waals surface area contributed by atoms with Gasteiger partial charge in [-0.15, -0.1) is 0 Å². The predicted molar refractivity (Wildman–Crippen MR) is 102 cm³/mol. The Balaban J connectivity index is 1.79. The number of benzene rings is 1. The molecule has 0 bridgehead atoms. The molecule has 142 valence electrons. The molecule has 1 aromatic carbocycles. The molecule has 9 heteroatoms. The summed E-state index contributed by atoms with van der Waals surface area (Å²) >= 11 is 0. The van der Waals surface area contributed by atoms with Crippen molar-refractivity contribution in [1.29, 1.82) is 0 Å². The number of carbonyl (C=O) groups is 1. The maximum absolute atomic E-state index is 13.6. The van der Waals surface area contributed by atoms with Gasteiger partial charge in [-0.05, 0) is 18.2 Å². The minimum Gasteiger partial charge on any atom is -0.623 e. The Labute approximate surface area is 160 Å². The number of anilines is 1. The minimum absolute atomic E-state index is 0.0224. The van der Waals surface area contributed by atoms with Crippen molar-refractivity contribution in [3.8, 4) is 0 Å². The van der Waals surface area contributed by atoms with E-state index in [1.54, 1.807) is 30.6 Å². The standard InChI is InChI=1S/C19H17N5O4/c25-19-22(16-4-1-5-17(11-16)23(26)27)18-15(3-2-8-21-18)13-24(19,28)12-14-6-9-20-10-7-14/h1-7,9-11,21H,8,12-13H2. The van der Waals surface area contributed by atoms with Crippen LogP contribution in [0.3, 0.4) is 0 Å². The van der Waals surface area contributed by atoms with E-state index in [1.165, 1.54) is 23.1 Å². The molecule has 4 rings (SSSR count). The molecule has 2 aliphatic heterocycles. The van der Waals surface area contributed by atoms with E-state index in [-0.39, 0.29) is 24.5 Å². The van der Waals surface area contributed by atoms with E-state index in [2.05, 4.69) is 10.3 Å². The van der Waals surface area contributed by atoms with Crippen LogP contribution in [0.25, 0.3) is 0 Å². The number of non-ortho nitro benzene ring substituents is 1. The number of urea groups is 1. The first kappa shape index (κ1) is 17.8. The van der Waals surface area contributed by atoms with Gasteiger partial charge in [-0.3, -0.25) is 19.7 Å². The zero-order valence-corrected chi connectivity index (χ0v) is 14.8. The molecule has 3 heterocycles. The van der Waals surface area contributed by atoms with Gasteiger partial charge in [0.15, 0.2) is 0 Å². The second kappa shape index (κ2) is 6.87. The number of aromatic nitrogens is 1. The van der Waals surface area contributed by atoms with Gasteiger partial charge in [-0.1, -0.05) is 18.2 Å². The molecule has 1 atom stereocenters. The van der Waals surface area contributed by atoms with Gasteiger partial charge < -0.3 is 10.5 Å². The van der Waals surface area contributed by atoms with E-state index in [1.807, 2.05) is 12.2 Å². The lowest BCUT2D eigenvalue weighted by Crippen LogP contribution is -2.60. The maximum atomic E-state index is 13.6. The molecular weight excluding hydrogens is 362 g/mol. The van der Waals surface area contributed by atoms with Crippen LogP contribution < -0.4 is 10.2 Å². The molecular formula is C19H17N5O4. The fourth-order valence-electron chi connectivity index (χ4n) is 3.41. The molecule has 1 N–H and O–H groups in total. The lowest BCUT2D eigenvalue weighted by Gasteiger charge is -2.47. The van der Waals surface area contributed by atoms with E-state index in [9.17, 15) is 20.1 Å². The van der Waals surface area contributed by atoms with E-state index in [0.29, 0.717) is 23.5 Å². The number of nitrogens with one attached hydrogen (secondary N) is 1. The topological polar surface area (TPSA) is 111 Å². The summed E-state index contributed by atoms with van der Waals surface area (Å²) in [5.74, 6) is 0.493. The van der Waals surface area contributed by atoms with Crippen molar-refractivity contribution in [3.05, 3.63) is 93.2 Å². The zero-order valence-electron chi connectivity index (χ0n) is 14.8. The third kappa shape index (κ3) is 3.13. The van der Waals surface area contributed by atoms with Crippen LogP contribution in [0.4, 0.5) is 16.2 Å². The molecule has 0 spiro atoms. The maximum Gasteiger partial charge on any atom is 0.429 e. The van der Waals surface area contributed by atoms with Crippen molar-refractivity contribution in [2.75, 3.05) is 18.0 Å². The van der Waals surface area contributed by atoms with E-state index < -0.39 is 15.6 Å². The molecule has 1 aromatic heterocycles. The van der Waals surface area contributed by atoms with Gasteiger partial charge in [0, 0.05) is 42.2 Å². The Morgan fingerprint density at radius 2 is 2.04 bits per heavy atom. The molecule has 0 radical (unpaired) electrons.